The average molecular weight is 302 g/mol. The Morgan fingerprint density at radius 1 is 1.10 bits per heavy atom. The molecule has 2 fully saturated rings. The number of carbonyl (C=O) groups excluding carboxylic acids is 2. The fourth-order valence-electron chi connectivity index (χ4n) is 3.52. The summed E-state index contributed by atoms with van der Waals surface area (Å²) >= 11 is 5.14. The number of thiocarbonyl (C=S) groups is 1. The average Bonchev–Trinajstić information content (AvgIpc) is 2.74. The first kappa shape index (κ1) is 14.2. The number of likely N-dealkylation sites (tertiary alicyclic amines) is 1. The fraction of sp³-hybridized carbons (Fsp3) is 0.438. The van der Waals surface area contributed by atoms with Gasteiger partial charge in [-0.2, -0.15) is 0 Å². The van der Waals surface area contributed by atoms with Crippen molar-refractivity contribution in [3.8, 4) is 0 Å². The zero-order chi connectivity index (χ0) is 15.0. The van der Waals surface area contributed by atoms with Crippen molar-refractivity contribution in [3.63, 3.8) is 0 Å². The van der Waals surface area contributed by atoms with Crippen LogP contribution in [0, 0.1) is 11.8 Å². The van der Waals surface area contributed by atoms with Gasteiger partial charge in [0.1, 0.15) is 11.0 Å². The number of hydrogen-bond acceptors (Lipinski definition) is 3. The molecule has 1 saturated carbocycles. The lowest BCUT2D eigenvalue weighted by molar-refractivity contribution is -0.141. The predicted molar refractivity (Wildman–Crippen MR) is 83.3 cm³/mol. The van der Waals surface area contributed by atoms with Gasteiger partial charge >= 0.3 is 0 Å². The van der Waals surface area contributed by atoms with Crippen LogP contribution in [-0.2, 0) is 9.59 Å². The molecular weight excluding hydrogens is 284 g/mol. The molecule has 0 bridgehead atoms. The number of rotatable bonds is 3. The molecule has 1 aromatic rings. The van der Waals surface area contributed by atoms with Gasteiger partial charge in [0.15, 0.2) is 0 Å². The summed E-state index contributed by atoms with van der Waals surface area (Å²) in [7, 11) is 0. The summed E-state index contributed by atoms with van der Waals surface area (Å²) in [5, 5.41) is 0. The van der Waals surface area contributed by atoms with Crippen molar-refractivity contribution in [1.29, 1.82) is 0 Å². The molecule has 0 spiro atoms. The SMILES string of the molecule is NC(=S)C(c1ccccc1)N1C(=O)C2CCCCC2C1=O. The van der Waals surface area contributed by atoms with Crippen LogP contribution >= 0.6 is 12.2 Å². The number of hydrogen-bond donors (Lipinski definition) is 1. The second-order valence-electron chi connectivity index (χ2n) is 5.76. The summed E-state index contributed by atoms with van der Waals surface area (Å²) in [6.07, 6.45) is 3.61. The first-order valence-corrected chi connectivity index (χ1v) is 7.73. The van der Waals surface area contributed by atoms with Crippen LogP contribution < -0.4 is 5.73 Å². The minimum atomic E-state index is -0.619. The zero-order valence-corrected chi connectivity index (χ0v) is 12.5. The number of imide groups is 1. The Morgan fingerprint density at radius 3 is 2.10 bits per heavy atom. The van der Waals surface area contributed by atoms with E-state index in [1.54, 1.807) is 0 Å². The smallest absolute Gasteiger partial charge is 0.234 e. The third-order valence-corrected chi connectivity index (χ3v) is 4.74. The molecule has 1 aliphatic carbocycles. The van der Waals surface area contributed by atoms with Gasteiger partial charge in [0.25, 0.3) is 0 Å². The van der Waals surface area contributed by atoms with Crippen molar-refractivity contribution < 1.29 is 9.59 Å². The summed E-state index contributed by atoms with van der Waals surface area (Å²) in [6, 6.07) is 8.69. The molecule has 110 valence electrons. The van der Waals surface area contributed by atoms with Gasteiger partial charge in [-0.1, -0.05) is 55.4 Å². The lowest BCUT2D eigenvalue weighted by atomic mass is 9.81. The van der Waals surface area contributed by atoms with E-state index in [-0.39, 0.29) is 28.6 Å². The Hall–Kier alpha value is -1.75. The monoisotopic (exact) mass is 302 g/mol. The number of amides is 2. The summed E-state index contributed by atoms with van der Waals surface area (Å²) in [4.78, 5) is 26.8. The van der Waals surface area contributed by atoms with Crippen LogP contribution in [0.25, 0.3) is 0 Å². The molecule has 1 aliphatic heterocycles. The second kappa shape index (κ2) is 5.56. The van der Waals surface area contributed by atoms with E-state index in [0.717, 1.165) is 31.2 Å². The molecule has 3 rings (SSSR count). The maximum atomic E-state index is 12.7. The van der Waals surface area contributed by atoms with Crippen molar-refractivity contribution in [2.75, 3.05) is 0 Å². The van der Waals surface area contributed by atoms with E-state index in [0.29, 0.717) is 0 Å². The Bertz CT molecular complexity index is 563. The molecule has 1 heterocycles. The number of carbonyl (C=O) groups is 2. The minimum Gasteiger partial charge on any atom is -0.391 e. The maximum absolute atomic E-state index is 12.7. The Kier molecular flexibility index (Phi) is 3.76. The van der Waals surface area contributed by atoms with Crippen LogP contribution in [0.2, 0.25) is 0 Å². The van der Waals surface area contributed by atoms with Crippen molar-refractivity contribution in [2.24, 2.45) is 17.6 Å². The molecule has 1 aromatic carbocycles. The largest absolute Gasteiger partial charge is 0.391 e. The maximum Gasteiger partial charge on any atom is 0.234 e. The van der Waals surface area contributed by atoms with Crippen molar-refractivity contribution in [3.05, 3.63) is 35.9 Å². The molecule has 0 aromatic heterocycles. The highest BCUT2D eigenvalue weighted by atomic mass is 32.1. The van der Waals surface area contributed by atoms with Gasteiger partial charge < -0.3 is 5.73 Å². The van der Waals surface area contributed by atoms with Crippen molar-refractivity contribution in [2.45, 2.75) is 31.7 Å². The van der Waals surface area contributed by atoms with Gasteiger partial charge in [-0.15, -0.1) is 0 Å². The molecule has 2 amide bonds. The van der Waals surface area contributed by atoms with Gasteiger partial charge in [0.05, 0.1) is 11.8 Å². The van der Waals surface area contributed by atoms with E-state index in [1.807, 2.05) is 30.3 Å². The lowest BCUT2D eigenvalue weighted by Crippen LogP contribution is -2.41. The Balaban J connectivity index is 1.98. The molecule has 4 nitrogen and oxygen atoms in total. The van der Waals surface area contributed by atoms with Gasteiger partial charge in [0.2, 0.25) is 11.8 Å². The van der Waals surface area contributed by atoms with Crippen molar-refractivity contribution >= 4 is 29.0 Å². The molecular formula is C16H18N2O2S. The molecule has 0 radical (unpaired) electrons. The van der Waals surface area contributed by atoms with Gasteiger partial charge in [-0.25, -0.2) is 0 Å². The molecule has 5 heteroatoms. The zero-order valence-electron chi connectivity index (χ0n) is 11.7. The summed E-state index contributed by atoms with van der Waals surface area (Å²) < 4.78 is 0. The number of fused-ring (bicyclic) bond motifs is 1. The van der Waals surface area contributed by atoms with Gasteiger partial charge in [-0.3, -0.25) is 14.5 Å². The topological polar surface area (TPSA) is 63.4 Å². The normalized spacial score (nSPS) is 26.6. The highest BCUT2D eigenvalue weighted by Gasteiger charge is 2.51. The van der Waals surface area contributed by atoms with Gasteiger partial charge in [0, 0.05) is 0 Å². The van der Waals surface area contributed by atoms with E-state index < -0.39 is 6.04 Å². The molecule has 2 N–H and O–H groups in total. The highest BCUT2D eigenvalue weighted by Crippen LogP contribution is 2.41. The van der Waals surface area contributed by atoms with Crippen molar-refractivity contribution in [1.82, 2.24) is 4.90 Å². The summed E-state index contributed by atoms with van der Waals surface area (Å²) in [5.41, 5.74) is 6.64. The third-order valence-electron chi connectivity index (χ3n) is 4.52. The van der Waals surface area contributed by atoms with Crippen LogP contribution in [0.1, 0.15) is 37.3 Å². The molecule has 21 heavy (non-hydrogen) atoms. The first-order valence-electron chi connectivity index (χ1n) is 7.32. The number of nitrogens with zero attached hydrogens (tertiary/aromatic N) is 1. The highest BCUT2D eigenvalue weighted by molar-refractivity contribution is 7.80. The van der Waals surface area contributed by atoms with E-state index in [2.05, 4.69) is 0 Å². The summed E-state index contributed by atoms with van der Waals surface area (Å²) in [6.45, 7) is 0. The second-order valence-corrected chi connectivity index (χ2v) is 6.23. The third kappa shape index (κ3) is 2.35. The van der Waals surface area contributed by atoms with E-state index in [9.17, 15) is 9.59 Å². The van der Waals surface area contributed by atoms with Crippen LogP contribution in [0.4, 0.5) is 0 Å². The Morgan fingerprint density at radius 2 is 1.62 bits per heavy atom. The molecule has 2 aliphatic rings. The molecule has 1 saturated heterocycles. The van der Waals surface area contributed by atoms with Gasteiger partial charge in [-0.05, 0) is 18.4 Å². The molecule has 3 unspecified atom stereocenters. The van der Waals surface area contributed by atoms with E-state index in [4.69, 9.17) is 18.0 Å². The van der Waals surface area contributed by atoms with E-state index in [1.165, 1.54) is 4.90 Å². The quantitative estimate of drug-likeness (QED) is 0.687. The summed E-state index contributed by atoms with van der Waals surface area (Å²) in [5.74, 6) is -0.559. The fourth-order valence-corrected chi connectivity index (χ4v) is 3.76. The molecule has 3 atom stereocenters. The number of benzene rings is 1. The van der Waals surface area contributed by atoms with Crippen LogP contribution in [0.15, 0.2) is 30.3 Å². The van der Waals surface area contributed by atoms with Crippen LogP contribution in [0.5, 0.6) is 0 Å². The van der Waals surface area contributed by atoms with E-state index >= 15 is 0 Å². The number of nitrogens with two attached hydrogens (primary N) is 1. The first-order chi connectivity index (χ1) is 10.1. The standard InChI is InChI=1S/C16H18N2O2S/c17-14(21)13(10-6-2-1-3-7-10)18-15(19)11-8-4-5-9-12(11)16(18)20/h1-3,6-7,11-13H,4-5,8-9H2,(H2,17,21). The Labute approximate surface area is 129 Å². The van der Waals surface area contributed by atoms with Crippen LogP contribution in [0.3, 0.4) is 0 Å². The lowest BCUT2D eigenvalue weighted by Gasteiger charge is -2.26. The minimum absolute atomic E-state index is 0.105. The van der Waals surface area contributed by atoms with Crippen LogP contribution in [-0.4, -0.2) is 21.7 Å². The predicted octanol–water partition coefficient (Wildman–Crippen LogP) is 2.19.